The molecule has 0 bridgehead atoms. The Morgan fingerprint density at radius 3 is 2.76 bits per heavy atom. The molecule has 0 aliphatic heterocycles. The molecule has 114 valence electrons. The average Bonchev–Trinajstić information content (AvgIpc) is 2.94. The molecule has 6 heteroatoms. The summed E-state index contributed by atoms with van der Waals surface area (Å²) in [6, 6.07) is 1.88. The smallest absolute Gasteiger partial charge is 0.276 e. The highest BCUT2D eigenvalue weighted by molar-refractivity contribution is 7.14. The van der Waals surface area contributed by atoms with Gasteiger partial charge >= 0.3 is 0 Å². The maximum Gasteiger partial charge on any atom is 0.276 e. The van der Waals surface area contributed by atoms with Crippen molar-refractivity contribution >= 4 is 16.5 Å². The second-order valence-electron chi connectivity index (χ2n) is 5.31. The first-order chi connectivity index (χ1) is 10.1. The van der Waals surface area contributed by atoms with E-state index in [9.17, 15) is 4.79 Å². The van der Waals surface area contributed by atoms with Crippen LogP contribution in [0.1, 0.15) is 45.2 Å². The number of aryl methyl sites for hydroxylation is 1. The van der Waals surface area contributed by atoms with Gasteiger partial charge in [-0.1, -0.05) is 27.2 Å². The fourth-order valence-corrected chi connectivity index (χ4v) is 2.67. The van der Waals surface area contributed by atoms with Crippen LogP contribution in [0.25, 0.3) is 11.3 Å². The fraction of sp³-hybridized carbons (Fsp3) is 0.533. The van der Waals surface area contributed by atoms with E-state index in [1.165, 1.54) is 11.3 Å². The van der Waals surface area contributed by atoms with Crippen LogP contribution >= 0.6 is 11.3 Å². The summed E-state index contributed by atoms with van der Waals surface area (Å²) in [5, 5.41) is 10.2. The van der Waals surface area contributed by atoms with Crippen molar-refractivity contribution in [1.82, 2.24) is 14.8 Å². The maximum atomic E-state index is 12.6. The van der Waals surface area contributed by atoms with Gasteiger partial charge in [0.2, 0.25) is 0 Å². The standard InChI is InChI=1S/C15H22N4OS/c1-5-6-7-19-14(20)11(8-12(18-19)10(2)3)13-9-21-15(16-4)17-13/h8-10H,5-7H2,1-4H3,(H,16,17). The molecule has 1 N–H and O–H groups in total. The molecule has 0 spiro atoms. The monoisotopic (exact) mass is 306 g/mol. The highest BCUT2D eigenvalue weighted by Gasteiger charge is 2.14. The lowest BCUT2D eigenvalue weighted by atomic mass is 10.1. The SMILES string of the molecule is CCCCn1nc(C(C)C)cc(-c2csc(NC)n2)c1=O. The number of anilines is 1. The number of hydrogen-bond donors (Lipinski definition) is 1. The number of aromatic nitrogens is 3. The number of hydrogen-bond acceptors (Lipinski definition) is 5. The number of nitrogens with zero attached hydrogens (tertiary/aromatic N) is 3. The quantitative estimate of drug-likeness (QED) is 0.889. The topological polar surface area (TPSA) is 59.8 Å². The van der Waals surface area contributed by atoms with Crippen molar-refractivity contribution < 1.29 is 0 Å². The van der Waals surface area contributed by atoms with E-state index in [2.05, 4.69) is 36.2 Å². The van der Waals surface area contributed by atoms with Crippen LogP contribution in [-0.4, -0.2) is 21.8 Å². The molecule has 2 aromatic heterocycles. The van der Waals surface area contributed by atoms with E-state index in [4.69, 9.17) is 0 Å². The first-order valence-corrected chi connectivity index (χ1v) is 8.20. The summed E-state index contributed by atoms with van der Waals surface area (Å²) in [4.78, 5) is 17.0. The average molecular weight is 306 g/mol. The van der Waals surface area contributed by atoms with E-state index in [1.807, 2.05) is 18.5 Å². The van der Waals surface area contributed by atoms with Gasteiger partial charge in [0.1, 0.15) is 0 Å². The molecule has 2 aromatic rings. The van der Waals surface area contributed by atoms with Gasteiger partial charge in [0.05, 0.1) is 17.0 Å². The molecule has 0 aliphatic carbocycles. The van der Waals surface area contributed by atoms with Crippen LogP contribution in [0.5, 0.6) is 0 Å². The summed E-state index contributed by atoms with van der Waals surface area (Å²) in [5.74, 6) is 0.277. The predicted molar refractivity (Wildman–Crippen MR) is 88.1 cm³/mol. The lowest BCUT2D eigenvalue weighted by Crippen LogP contribution is -2.26. The van der Waals surface area contributed by atoms with Crippen molar-refractivity contribution in [1.29, 1.82) is 0 Å². The van der Waals surface area contributed by atoms with Gasteiger partial charge in [-0.25, -0.2) is 9.67 Å². The number of nitrogens with one attached hydrogen (secondary N) is 1. The number of rotatable bonds is 6. The Labute approximate surface area is 129 Å². The van der Waals surface area contributed by atoms with Crippen molar-refractivity contribution in [2.75, 3.05) is 12.4 Å². The Hall–Kier alpha value is -1.69. The van der Waals surface area contributed by atoms with E-state index in [1.54, 1.807) is 4.68 Å². The van der Waals surface area contributed by atoms with Crippen LogP contribution in [-0.2, 0) is 6.54 Å². The van der Waals surface area contributed by atoms with Gasteiger partial charge in [0, 0.05) is 19.0 Å². The van der Waals surface area contributed by atoms with Gasteiger partial charge in [0.25, 0.3) is 5.56 Å². The summed E-state index contributed by atoms with van der Waals surface area (Å²) in [6.07, 6.45) is 1.99. The molecule has 0 unspecified atom stereocenters. The highest BCUT2D eigenvalue weighted by atomic mass is 32.1. The van der Waals surface area contributed by atoms with E-state index < -0.39 is 0 Å². The van der Waals surface area contributed by atoms with Gasteiger partial charge in [0.15, 0.2) is 5.13 Å². The van der Waals surface area contributed by atoms with Gasteiger partial charge in [-0.15, -0.1) is 11.3 Å². The Bertz CT molecular complexity index is 660. The third-order valence-electron chi connectivity index (χ3n) is 3.30. The van der Waals surface area contributed by atoms with Crippen LogP contribution in [0, 0.1) is 0 Å². The van der Waals surface area contributed by atoms with Gasteiger partial charge < -0.3 is 5.32 Å². The van der Waals surface area contributed by atoms with Gasteiger partial charge in [-0.3, -0.25) is 4.79 Å². The van der Waals surface area contributed by atoms with E-state index in [-0.39, 0.29) is 11.5 Å². The fourth-order valence-electron chi connectivity index (χ4n) is 2.00. The third kappa shape index (κ3) is 3.50. The summed E-state index contributed by atoms with van der Waals surface area (Å²) in [5.41, 5.74) is 2.24. The van der Waals surface area contributed by atoms with Crippen LogP contribution in [0.2, 0.25) is 0 Å². The second-order valence-corrected chi connectivity index (χ2v) is 6.17. The molecule has 0 saturated carbocycles. The van der Waals surface area contributed by atoms with Crippen molar-refractivity contribution in [2.45, 2.75) is 46.1 Å². The lowest BCUT2D eigenvalue weighted by molar-refractivity contribution is 0.527. The first-order valence-electron chi connectivity index (χ1n) is 7.32. The molecule has 0 fully saturated rings. The Morgan fingerprint density at radius 2 is 2.19 bits per heavy atom. The van der Waals surface area contributed by atoms with Crippen molar-refractivity contribution in [3.8, 4) is 11.3 Å². The molecule has 0 amide bonds. The van der Waals surface area contributed by atoms with Crippen molar-refractivity contribution in [3.05, 3.63) is 27.5 Å². The van der Waals surface area contributed by atoms with Crippen molar-refractivity contribution in [2.24, 2.45) is 0 Å². The molecule has 0 aromatic carbocycles. The minimum Gasteiger partial charge on any atom is -0.365 e. The van der Waals surface area contributed by atoms with Crippen LogP contribution < -0.4 is 10.9 Å². The zero-order valence-electron chi connectivity index (χ0n) is 13.0. The second kappa shape index (κ2) is 6.85. The molecule has 0 aliphatic rings. The van der Waals surface area contributed by atoms with E-state index >= 15 is 0 Å². The predicted octanol–water partition coefficient (Wildman–Crippen LogP) is 3.33. The van der Waals surface area contributed by atoms with Crippen LogP contribution in [0.4, 0.5) is 5.13 Å². The molecule has 2 rings (SSSR count). The van der Waals surface area contributed by atoms with Gasteiger partial charge in [-0.2, -0.15) is 5.10 Å². The highest BCUT2D eigenvalue weighted by Crippen LogP contribution is 2.24. The zero-order chi connectivity index (χ0) is 15.4. The summed E-state index contributed by atoms with van der Waals surface area (Å²) in [7, 11) is 1.83. The third-order valence-corrected chi connectivity index (χ3v) is 4.16. The molecular formula is C15H22N4OS. The number of thiazole rings is 1. The largest absolute Gasteiger partial charge is 0.365 e. The molecule has 2 heterocycles. The van der Waals surface area contributed by atoms with Crippen LogP contribution in [0.15, 0.2) is 16.2 Å². The zero-order valence-corrected chi connectivity index (χ0v) is 13.8. The Morgan fingerprint density at radius 1 is 1.43 bits per heavy atom. The normalized spacial score (nSPS) is 11.1. The summed E-state index contributed by atoms with van der Waals surface area (Å²) < 4.78 is 1.59. The van der Waals surface area contributed by atoms with E-state index in [0.717, 1.165) is 29.4 Å². The molecule has 0 radical (unpaired) electrons. The van der Waals surface area contributed by atoms with E-state index in [0.29, 0.717) is 12.1 Å². The maximum absolute atomic E-state index is 12.6. The molecule has 0 saturated heterocycles. The lowest BCUT2D eigenvalue weighted by Gasteiger charge is -2.11. The molecule has 0 atom stereocenters. The van der Waals surface area contributed by atoms with Crippen molar-refractivity contribution in [3.63, 3.8) is 0 Å². The van der Waals surface area contributed by atoms with Crippen LogP contribution in [0.3, 0.4) is 0 Å². The minimum atomic E-state index is -0.0548. The summed E-state index contributed by atoms with van der Waals surface area (Å²) in [6.45, 7) is 6.94. The van der Waals surface area contributed by atoms with Gasteiger partial charge in [-0.05, 0) is 18.4 Å². The molecular weight excluding hydrogens is 284 g/mol. The Balaban J connectivity index is 2.52. The molecule has 21 heavy (non-hydrogen) atoms. The molecule has 5 nitrogen and oxygen atoms in total. The minimum absolute atomic E-state index is 0.0548. The number of unbranched alkanes of at least 4 members (excludes halogenated alkanes) is 1. The summed E-state index contributed by atoms with van der Waals surface area (Å²) >= 11 is 1.50. The Kier molecular flexibility index (Phi) is 5.12. The first kappa shape index (κ1) is 15.7.